The number of fused-ring (bicyclic) bond motifs is 1. The maximum Gasteiger partial charge on any atom is 0.335 e. The minimum atomic E-state index is -1.06. The van der Waals surface area contributed by atoms with Crippen molar-refractivity contribution in [1.29, 1.82) is 0 Å². The largest absolute Gasteiger partial charge is 0.491 e. The molecule has 38 heavy (non-hydrogen) atoms. The number of hydrogen-bond donors (Lipinski definition) is 3. The molecule has 190 valence electrons. The molecule has 10 nitrogen and oxygen atoms in total. The number of carbonyl (C=O) groups is 2. The van der Waals surface area contributed by atoms with Crippen molar-refractivity contribution < 1.29 is 19.4 Å². The van der Waals surface area contributed by atoms with Crippen molar-refractivity contribution in [2.24, 2.45) is 0 Å². The van der Waals surface area contributed by atoms with Crippen LogP contribution in [0.2, 0.25) is 0 Å². The highest BCUT2D eigenvalue weighted by Crippen LogP contribution is 2.33. The predicted molar refractivity (Wildman–Crippen MR) is 144 cm³/mol. The van der Waals surface area contributed by atoms with Gasteiger partial charge < -0.3 is 20.9 Å². The van der Waals surface area contributed by atoms with Gasteiger partial charge in [-0.2, -0.15) is 0 Å². The molecule has 0 atom stereocenters. The molecular formula is C28H24N6O4. The third-order valence-corrected chi connectivity index (χ3v) is 5.72. The Bertz CT molecular complexity index is 1640. The molecule has 0 saturated carbocycles. The van der Waals surface area contributed by atoms with E-state index in [-0.39, 0.29) is 11.7 Å². The second-order valence-corrected chi connectivity index (χ2v) is 8.76. The Morgan fingerprint density at radius 3 is 2.42 bits per heavy atom. The van der Waals surface area contributed by atoms with Crippen molar-refractivity contribution in [3.8, 4) is 22.8 Å². The summed E-state index contributed by atoms with van der Waals surface area (Å²) in [4.78, 5) is 37.1. The number of rotatable bonds is 7. The minimum absolute atomic E-state index is 0.00199. The quantitative estimate of drug-likeness (QED) is 0.284. The van der Waals surface area contributed by atoms with E-state index in [9.17, 15) is 9.59 Å². The number of anilines is 2. The predicted octanol–water partition coefficient (Wildman–Crippen LogP) is 4.80. The third-order valence-electron chi connectivity index (χ3n) is 5.72. The number of benzene rings is 2. The van der Waals surface area contributed by atoms with E-state index in [4.69, 9.17) is 20.6 Å². The molecule has 5 rings (SSSR count). The molecule has 0 aliphatic rings. The first-order valence-corrected chi connectivity index (χ1v) is 11.8. The number of nitrogens with one attached hydrogen (secondary N) is 1. The molecule has 0 unspecified atom stereocenters. The van der Waals surface area contributed by atoms with Crippen LogP contribution >= 0.6 is 0 Å². The number of imidazole rings is 1. The van der Waals surface area contributed by atoms with Gasteiger partial charge in [0.1, 0.15) is 23.2 Å². The van der Waals surface area contributed by atoms with Crippen molar-refractivity contribution in [2.45, 2.75) is 20.0 Å². The van der Waals surface area contributed by atoms with Crippen LogP contribution < -0.4 is 15.8 Å². The molecule has 0 aliphatic carbocycles. The third kappa shape index (κ3) is 4.87. The average Bonchev–Trinajstić information content (AvgIpc) is 3.27. The molecule has 3 aromatic heterocycles. The number of ether oxygens (including phenoxy) is 1. The lowest BCUT2D eigenvalue weighted by molar-refractivity contribution is 0.0696. The van der Waals surface area contributed by atoms with Crippen molar-refractivity contribution in [3.05, 3.63) is 90.3 Å². The van der Waals surface area contributed by atoms with Crippen LogP contribution in [0.1, 0.15) is 34.6 Å². The highest BCUT2D eigenvalue weighted by atomic mass is 16.5. The summed E-state index contributed by atoms with van der Waals surface area (Å²) in [7, 11) is 0. The van der Waals surface area contributed by atoms with Crippen LogP contribution in [0.4, 0.5) is 11.6 Å². The van der Waals surface area contributed by atoms with Crippen LogP contribution in [-0.4, -0.2) is 42.6 Å². The summed E-state index contributed by atoms with van der Waals surface area (Å²) in [5.41, 5.74) is 9.49. The summed E-state index contributed by atoms with van der Waals surface area (Å²) in [6.45, 7) is 3.92. The Hall–Kier alpha value is -5.25. The smallest absolute Gasteiger partial charge is 0.335 e. The Kier molecular flexibility index (Phi) is 6.44. The number of pyridine rings is 2. The van der Waals surface area contributed by atoms with E-state index in [0.29, 0.717) is 40.0 Å². The topological polar surface area (TPSA) is 145 Å². The highest BCUT2D eigenvalue weighted by Gasteiger charge is 2.18. The molecule has 3 heterocycles. The van der Waals surface area contributed by atoms with Crippen LogP contribution in [0.5, 0.6) is 5.75 Å². The molecule has 0 spiro atoms. The van der Waals surface area contributed by atoms with E-state index in [1.807, 2.05) is 48.7 Å². The fourth-order valence-corrected chi connectivity index (χ4v) is 3.99. The van der Waals surface area contributed by atoms with Gasteiger partial charge in [0.2, 0.25) is 0 Å². The van der Waals surface area contributed by atoms with Gasteiger partial charge in [0.25, 0.3) is 5.91 Å². The van der Waals surface area contributed by atoms with E-state index in [1.165, 1.54) is 24.3 Å². The van der Waals surface area contributed by atoms with Gasteiger partial charge in [0.15, 0.2) is 0 Å². The molecule has 10 heteroatoms. The van der Waals surface area contributed by atoms with Crippen LogP contribution in [0.3, 0.4) is 0 Å². The standard InChI is InChI=1S/C28H24N6O4/c1-16(2)38-20-10-11-22-23(14-20)34(26(32-22)21-4-3-13-30-25(21)29)19-9-12-24(31-15-19)33-27(35)17-5-7-18(8-6-17)28(36)37/h3-16H,1-2H3,(H2,29,30)(H,36,37)(H,31,33,35). The van der Waals surface area contributed by atoms with Crippen molar-refractivity contribution in [2.75, 3.05) is 11.1 Å². The first-order valence-electron chi connectivity index (χ1n) is 11.8. The monoisotopic (exact) mass is 508 g/mol. The van der Waals surface area contributed by atoms with Gasteiger partial charge in [0.05, 0.1) is 40.1 Å². The van der Waals surface area contributed by atoms with E-state index in [1.54, 1.807) is 24.5 Å². The Morgan fingerprint density at radius 1 is 1.00 bits per heavy atom. The molecule has 0 bridgehead atoms. The molecule has 5 aromatic rings. The zero-order valence-electron chi connectivity index (χ0n) is 20.6. The fourth-order valence-electron chi connectivity index (χ4n) is 3.99. The first-order chi connectivity index (χ1) is 18.3. The Labute approximate surface area is 217 Å². The molecule has 2 aromatic carbocycles. The van der Waals surface area contributed by atoms with Gasteiger partial charge >= 0.3 is 5.97 Å². The van der Waals surface area contributed by atoms with Gasteiger partial charge in [-0.05, 0) is 74.5 Å². The number of carbonyl (C=O) groups excluding carboxylic acids is 1. The summed E-state index contributed by atoms with van der Waals surface area (Å²) in [5, 5.41) is 11.8. The number of carboxylic acid groups (broad SMARTS) is 1. The van der Waals surface area contributed by atoms with Gasteiger partial charge in [-0.15, -0.1) is 0 Å². The summed E-state index contributed by atoms with van der Waals surface area (Å²) in [6, 6.07) is 18.5. The average molecular weight is 509 g/mol. The van der Waals surface area contributed by atoms with E-state index in [2.05, 4.69) is 15.3 Å². The summed E-state index contributed by atoms with van der Waals surface area (Å²) in [5.74, 6) is 0.492. The molecule has 0 radical (unpaired) electrons. The number of carboxylic acids is 1. The minimum Gasteiger partial charge on any atom is -0.491 e. The second-order valence-electron chi connectivity index (χ2n) is 8.76. The number of amides is 1. The summed E-state index contributed by atoms with van der Waals surface area (Å²) < 4.78 is 7.82. The zero-order valence-corrected chi connectivity index (χ0v) is 20.6. The number of hydrogen-bond acceptors (Lipinski definition) is 7. The maximum atomic E-state index is 12.6. The van der Waals surface area contributed by atoms with Crippen molar-refractivity contribution >= 4 is 34.5 Å². The van der Waals surface area contributed by atoms with E-state index in [0.717, 1.165) is 11.0 Å². The molecular weight excluding hydrogens is 484 g/mol. The first kappa shape index (κ1) is 24.4. The lowest BCUT2D eigenvalue weighted by Crippen LogP contribution is -2.13. The Balaban J connectivity index is 1.51. The number of nitrogens with zero attached hydrogens (tertiary/aromatic N) is 4. The van der Waals surface area contributed by atoms with Gasteiger partial charge in [-0.25, -0.2) is 19.7 Å². The molecule has 4 N–H and O–H groups in total. The molecule has 1 amide bonds. The van der Waals surface area contributed by atoms with Gasteiger partial charge in [-0.3, -0.25) is 9.36 Å². The summed E-state index contributed by atoms with van der Waals surface area (Å²) in [6.07, 6.45) is 3.24. The number of nitrogen functional groups attached to an aromatic ring is 1. The summed E-state index contributed by atoms with van der Waals surface area (Å²) >= 11 is 0. The van der Waals surface area contributed by atoms with Gasteiger partial charge in [0, 0.05) is 17.8 Å². The second kappa shape index (κ2) is 10.0. The van der Waals surface area contributed by atoms with E-state index >= 15 is 0 Å². The van der Waals surface area contributed by atoms with Crippen molar-refractivity contribution in [1.82, 2.24) is 19.5 Å². The molecule has 0 fully saturated rings. The molecule has 0 aliphatic heterocycles. The van der Waals surface area contributed by atoms with Crippen LogP contribution in [0.15, 0.2) is 79.1 Å². The SMILES string of the molecule is CC(C)Oc1ccc2nc(-c3cccnc3N)n(-c3ccc(NC(=O)c4ccc(C(=O)O)cc4)nc3)c2c1. The lowest BCUT2D eigenvalue weighted by atomic mass is 10.1. The number of nitrogens with two attached hydrogens (primary N) is 1. The lowest BCUT2D eigenvalue weighted by Gasteiger charge is -2.13. The fraction of sp³-hybridized carbons (Fsp3) is 0.107. The highest BCUT2D eigenvalue weighted by molar-refractivity contribution is 6.04. The number of aromatic nitrogens is 4. The van der Waals surface area contributed by atoms with Gasteiger partial charge in [-0.1, -0.05) is 0 Å². The molecule has 0 saturated heterocycles. The van der Waals surface area contributed by atoms with Crippen LogP contribution in [-0.2, 0) is 0 Å². The number of aromatic carboxylic acids is 1. The Morgan fingerprint density at radius 2 is 1.76 bits per heavy atom. The van der Waals surface area contributed by atoms with Crippen LogP contribution in [0.25, 0.3) is 28.1 Å². The normalized spacial score (nSPS) is 11.0. The maximum absolute atomic E-state index is 12.6. The zero-order chi connectivity index (χ0) is 26.8. The van der Waals surface area contributed by atoms with Crippen LogP contribution in [0, 0.1) is 0 Å². The van der Waals surface area contributed by atoms with E-state index < -0.39 is 11.9 Å². The van der Waals surface area contributed by atoms with Crippen molar-refractivity contribution in [3.63, 3.8) is 0 Å².